The van der Waals surface area contributed by atoms with E-state index in [1.165, 1.54) is 0 Å². The Hall–Kier alpha value is -1.47. The highest BCUT2D eigenvalue weighted by atomic mass is 32.1. The van der Waals surface area contributed by atoms with Crippen molar-refractivity contribution in [3.05, 3.63) is 29.3 Å². The Morgan fingerprint density at radius 2 is 2.44 bits per heavy atom. The molecule has 1 unspecified atom stereocenters. The van der Waals surface area contributed by atoms with Gasteiger partial charge in [0.05, 0.1) is 12.4 Å². The Morgan fingerprint density at radius 1 is 1.62 bits per heavy atom. The molecule has 0 aliphatic carbocycles. The minimum atomic E-state index is -0.124. The Kier molecular flexibility index (Phi) is 3.16. The predicted octanol–water partition coefficient (Wildman–Crippen LogP) is 0.891. The van der Waals surface area contributed by atoms with Crippen molar-refractivity contribution in [1.82, 2.24) is 24.3 Å². The van der Waals surface area contributed by atoms with E-state index < -0.39 is 0 Å². The van der Waals surface area contributed by atoms with E-state index >= 15 is 0 Å². The molecule has 0 aromatic carbocycles. The van der Waals surface area contributed by atoms with Gasteiger partial charge < -0.3 is 9.67 Å². The van der Waals surface area contributed by atoms with Crippen LogP contribution in [0.4, 0.5) is 0 Å². The zero-order valence-corrected chi connectivity index (χ0v) is 9.68. The summed E-state index contributed by atoms with van der Waals surface area (Å²) in [6.07, 6.45) is 5.37. The van der Waals surface area contributed by atoms with Crippen molar-refractivity contribution in [3.63, 3.8) is 0 Å². The van der Waals surface area contributed by atoms with E-state index in [-0.39, 0.29) is 12.6 Å². The first-order valence-electron chi connectivity index (χ1n) is 4.94. The van der Waals surface area contributed by atoms with Crippen LogP contribution in [-0.4, -0.2) is 29.4 Å². The van der Waals surface area contributed by atoms with Gasteiger partial charge in [0.25, 0.3) is 0 Å². The highest BCUT2D eigenvalue weighted by Crippen LogP contribution is 2.12. The van der Waals surface area contributed by atoms with Gasteiger partial charge in [-0.15, -0.1) is 0 Å². The first kappa shape index (κ1) is 11.0. The molecule has 2 aromatic heterocycles. The number of hydrogen-bond acceptors (Lipinski definition) is 4. The molecule has 0 aliphatic rings. The summed E-state index contributed by atoms with van der Waals surface area (Å²) in [5, 5.41) is 15.8. The van der Waals surface area contributed by atoms with Gasteiger partial charge in [-0.1, -0.05) is 0 Å². The molecule has 0 saturated heterocycles. The zero-order chi connectivity index (χ0) is 11.5. The molecule has 86 valence electrons. The number of imidazole rings is 1. The summed E-state index contributed by atoms with van der Waals surface area (Å²) >= 11 is 5.12. The molecule has 2 heterocycles. The average Bonchev–Trinajstić information content (AvgIpc) is 2.87. The van der Waals surface area contributed by atoms with Crippen LogP contribution in [-0.2, 0) is 13.2 Å². The van der Waals surface area contributed by atoms with E-state index in [2.05, 4.69) is 15.2 Å². The second-order valence-electron chi connectivity index (χ2n) is 3.58. The van der Waals surface area contributed by atoms with Gasteiger partial charge in [0, 0.05) is 18.9 Å². The normalized spacial score (nSPS) is 12.9. The van der Waals surface area contributed by atoms with Gasteiger partial charge in [-0.05, 0) is 19.1 Å². The van der Waals surface area contributed by atoms with Crippen LogP contribution in [0.15, 0.2) is 18.7 Å². The molecular formula is C9H13N5OS. The highest BCUT2D eigenvalue weighted by Gasteiger charge is 2.12. The maximum absolute atomic E-state index is 9.14. The van der Waals surface area contributed by atoms with E-state index in [9.17, 15) is 0 Å². The van der Waals surface area contributed by atoms with E-state index in [4.69, 9.17) is 17.3 Å². The summed E-state index contributed by atoms with van der Waals surface area (Å²) in [4.78, 5) is 3.98. The average molecular weight is 239 g/mol. The third kappa shape index (κ3) is 2.05. The molecule has 2 N–H and O–H groups in total. The van der Waals surface area contributed by atoms with Gasteiger partial charge in [0.1, 0.15) is 6.61 Å². The number of aliphatic hydroxyl groups is 1. The van der Waals surface area contributed by atoms with Crippen molar-refractivity contribution < 1.29 is 5.11 Å². The first-order valence-corrected chi connectivity index (χ1v) is 5.35. The number of aromatic amines is 1. The van der Waals surface area contributed by atoms with Gasteiger partial charge in [-0.2, -0.15) is 5.10 Å². The van der Waals surface area contributed by atoms with Crippen molar-refractivity contribution in [3.8, 4) is 0 Å². The van der Waals surface area contributed by atoms with Gasteiger partial charge >= 0.3 is 0 Å². The molecule has 0 saturated carbocycles. The minimum Gasteiger partial charge on any atom is -0.388 e. The minimum absolute atomic E-state index is 0.114. The lowest BCUT2D eigenvalue weighted by Gasteiger charge is -2.15. The Balaban J connectivity index is 2.23. The smallest absolute Gasteiger partial charge is 0.195 e. The molecule has 0 aliphatic heterocycles. The third-order valence-corrected chi connectivity index (χ3v) is 2.68. The zero-order valence-electron chi connectivity index (χ0n) is 8.87. The molecule has 16 heavy (non-hydrogen) atoms. The fraction of sp³-hybridized carbons (Fsp3) is 0.444. The maximum atomic E-state index is 9.14. The first-order chi connectivity index (χ1) is 7.72. The summed E-state index contributed by atoms with van der Waals surface area (Å²) < 4.78 is 4.30. The molecular weight excluding hydrogens is 226 g/mol. The van der Waals surface area contributed by atoms with Crippen LogP contribution in [0.1, 0.15) is 18.8 Å². The number of aliphatic hydroxyl groups excluding tert-OH is 1. The summed E-state index contributed by atoms with van der Waals surface area (Å²) in [7, 11) is 0. The largest absolute Gasteiger partial charge is 0.388 e. The van der Waals surface area contributed by atoms with Gasteiger partial charge in [0.15, 0.2) is 10.6 Å². The van der Waals surface area contributed by atoms with Crippen LogP contribution < -0.4 is 0 Å². The van der Waals surface area contributed by atoms with E-state index in [0.717, 1.165) is 6.54 Å². The molecule has 0 radical (unpaired) electrons. The highest BCUT2D eigenvalue weighted by molar-refractivity contribution is 7.71. The van der Waals surface area contributed by atoms with Crippen molar-refractivity contribution in [2.24, 2.45) is 0 Å². The molecule has 0 amide bonds. The molecule has 0 spiro atoms. The number of nitrogens with one attached hydrogen (secondary N) is 1. The SMILES string of the molecule is CC(Cn1ccnc1)n1c(CO)n[nH]c1=S. The fourth-order valence-corrected chi connectivity index (χ4v) is 2.02. The van der Waals surface area contributed by atoms with Crippen LogP contribution in [0.5, 0.6) is 0 Å². The maximum Gasteiger partial charge on any atom is 0.195 e. The quantitative estimate of drug-likeness (QED) is 0.777. The lowest BCUT2D eigenvalue weighted by molar-refractivity contribution is 0.258. The van der Waals surface area contributed by atoms with Gasteiger partial charge in [-0.3, -0.25) is 9.67 Å². The van der Waals surface area contributed by atoms with E-state index in [1.807, 2.05) is 22.3 Å². The van der Waals surface area contributed by atoms with E-state index in [0.29, 0.717) is 10.6 Å². The van der Waals surface area contributed by atoms with Crippen molar-refractivity contribution >= 4 is 12.2 Å². The van der Waals surface area contributed by atoms with Crippen molar-refractivity contribution in [1.29, 1.82) is 0 Å². The molecule has 6 nitrogen and oxygen atoms in total. The van der Waals surface area contributed by atoms with Crippen LogP contribution in [0, 0.1) is 4.77 Å². The summed E-state index contributed by atoms with van der Waals surface area (Å²) in [6.45, 7) is 2.63. The number of hydrogen-bond donors (Lipinski definition) is 2. The number of H-pyrrole nitrogens is 1. The summed E-state index contributed by atoms with van der Waals surface area (Å²) in [6, 6.07) is 0.114. The molecule has 0 fully saturated rings. The summed E-state index contributed by atoms with van der Waals surface area (Å²) in [5.41, 5.74) is 0. The second-order valence-corrected chi connectivity index (χ2v) is 3.97. The van der Waals surface area contributed by atoms with Crippen LogP contribution in [0.25, 0.3) is 0 Å². The third-order valence-electron chi connectivity index (χ3n) is 2.39. The molecule has 2 rings (SSSR count). The summed E-state index contributed by atoms with van der Waals surface area (Å²) in [5.74, 6) is 0.553. The van der Waals surface area contributed by atoms with Crippen molar-refractivity contribution in [2.75, 3.05) is 0 Å². The number of aromatic nitrogens is 5. The van der Waals surface area contributed by atoms with Crippen LogP contribution in [0.3, 0.4) is 0 Å². The molecule has 1 atom stereocenters. The lowest BCUT2D eigenvalue weighted by atomic mass is 10.3. The van der Waals surface area contributed by atoms with Crippen molar-refractivity contribution in [2.45, 2.75) is 26.1 Å². The fourth-order valence-electron chi connectivity index (χ4n) is 1.68. The Labute approximate surface area is 97.6 Å². The van der Waals surface area contributed by atoms with E-state index in [1.54, 1.807) is 12.5 Å². The van der Waals surface area contributed by atoms with Gasteiger partial charge in [-0.25, -0.2) is 4.98 Å². The Bertz CT molecular complexity index is 500. The second kappa shape index (κ2) is 4.58. The predicted molar refractivity (Wildman–Crippen MR) is 60.3 cm³/mol. The molecule has 2 aromatic rings. The topological polar surface area (TPSA) is 71.7 Å². The monoisotopic (exact) mass is 239 g/mol. The number of nitrogens with zero attached hydrogens (tertiary/aromatic N) is 4. The van der Waals surface area contributed by atoms with Gasteiger partial charge in [0.2, 0.25) is 0 Å². The lowest BCUT2D eigenvalue weighted by Crippen LogP contribution is -2.15. The van der Waals surface area contributed by atoms with Crippen LogP contribution >= 0.6 is 12.2 Å². The number of rotatable bonds is 4. The standard InChI is InChI=1S/C9H13N5OS/c1-7(4-13-3-2-10-6-13)14-8(5-15)11-12-9(14)16/h2-3,6-7,15H,4-5H2,1H3,(H,12,16). The molecule has 7 heteroatoms. The molecule has 0 bridgehead atoms. The van der Waals surface area contributed by atoms with Crippen LogP contribution in [0.2, 0.25) is 0 Å². The Morgan fingerprint density at radius 3 is 3.06 bits per heavy atom.